The van der Waals surface area contributed by atoms with Gasteiger partial charge in [-0.15, -0.1) is 13.2 Å². The van der Waals surface area contributed by atoms with Crippen LogP contribution >= 0.6 is 10.0 Å². The minimum atomic E-state index is -1.09. The van der Waals surface area contributed by atoms with Gasteiger partial charge in [-0.3, -0.25) is 0 Å². The third kappa shape index (κ3) is 1.99. The second kappa shape index (κ2) is 5.92. The van der Waals surface area contributed by atoms with Crippen molar-refractivity contribution >= 4 is 10.0 Å². The summed E-state index contributed by atoms with van der Waals surface area (Å²) < 4.78 is 0. The van der Waals surface area contributed by atoms with Crippen LogP contribution in [0.15, 0.2) is 84.2 Å². The first-order valence-electron chi connectivity index (χ1n) is 5.96. The highest BCUT2D eigenvalue weighted by Gasteiger charge is 2.35. The highest BCUT2D eigenvalue weighted by Crippen LogP contribution is 2.68. The molecule has 0 nitrogen and oxygen atoms in total. The van der Waals surface area contributed by atoms with Gasteiger partial charge in [0, 0.05) is 16.4 Å². The average Bonchev–Trinajstić information content (AvgIpc) is 2.59. The molecule has 0 saturated heterocycles. The van der Waals surface area contributed by atoms with Crippen LogP contribution in [0.4, 0.5) is 0 Å². The molecule has 1 aliphatic heterocycles. The molecular weight excluding hydrogens is 236 g/mol. The predicted octanol–water partition coefficient (Wildman–Crippen LogP) is 5.26. The Hall–Kier alpha value is -1.47. The van der Waals surface area contributed by atoms with E-state index in [0.717, 1.165) is 11.5 Å². The molecule has 0 N–H and O–H groups in total. The standard InChI is InChI=1S/C17H22S/c1-7-12-18(13-8-2)14(6)15(9-3)16(10-4)17(18)11-5/h7-11H,1-5,12-13H2,6H3. The lowest BCUT2D eigenvalue weighted by Crippen LogP contribution is -2.08. The van der Waals surface area contributed by atoms with Gasteiger partial charge in [0.2, 0.25) is 0 Å². The zero-order valence-corrected chi connectivity index (χ0v) is 12.1. The molecule has 1 rings (SSSR count). The van der Waals surface area contributed by atoms with Gasteiger partial charge in [-0.25, -0.2) is 0 Å². The third-order valence-corrected chi connectivity index (χ3v) is 7.57. The molecule has 18 heavy (non-hydrogen) atoms. The summed E-state index contributed by atoms with van der Waals surface area (Å²) in [5, 5.41) is 0. The van der Waals surface area contributed by atoms with E-state index in [1.165, 1.54) is 21.0 Å². The van der Waals surface area contributed by atoms with Gasteiger partial charge in [0.15, 0.2) is 0 Å². The number of hydrogen-bond donors (Lipinski definition) is 0. The lowest BCUT2D eigenvalue weighted by atomic mass is 10.1. The molecule has 0 spiro atoms. The Balaban J connectivity index is 3.61. The zero-order chi connectivity index (χ0) is 13.8. The normalized spacial score (nSPS) is 19.4. The molecule has 0 aromatic heterocycles. The van der Waals surface area contributed by atoms with Gasteiger partial charge in [-0.2, -0.15) is 10.0 Å². The van der Waals surface area contributed by atoms with Gasteiger partial charge in [0.05, 0.1) is 0 Å². The van der Waals surface area contributed by atoms with Crippen LogP contribution in [0.25, 0.3) is 0 Å². The molecule has 0 aromatic rings. The summed E-state index contributed by atoms with van der Waals surface area (Å²) in [6.07, 6.45) is 9.81. The van der Waals surface area contributed by atoms with Crippen molar-refractivity contribution < 1.29 is 0 Å². The minimum Gasteiger partial charge on any atom is -0.183 e. The first kappa shape index (κ1) is 14.6. The maximum atomic E-state index is 3.99. The maximum Gasteiger partial charge on any atom is 0.00297 e. The molecule has 0 saturated carbocycles. The van der Waals surface area contributed by atoms with E-state index in [1.807, 2.05) is 30.4 Å². The molecule has 1 heterocycles. The van der Waals surface area contributed by atoms with Crippen molar-refractivity contribution in [2.24, 2.45) is 0 Å². The topological polar surface area (TPSA) is 0 Å². The fourth-order valence-corrected chi connectivity index (χ4v) is 6.22. The van der Waals surface area contributed by atoms with Crippen LogP contribution in [0, 0.1) is 0 Å². The van der Waals surface area contributed by atoms with E-state index in [2.05, 4.69) is 39.8 Å². The average molecular weight is 258 g/mol. The molecule has 0 fully saturated rings. The summed E-state index contributed by atoms with van der Waals surface area (Å²) in [6, 6.07) is 0. The highest BCUT2D eigenvalue weighted by atomic mass is 32.3. The van der Waals surface area contributed by atoms with Crippen molar-refractivity contribution in [3.05, 3.63) is 84.2 Å². The van der Waals surface area contributed by atoms with Gasteiger partial charge in [0.25, 0.3) is 0 Å². The Kier molecular flexibility index (Phi) is 4.80. The number of allylic oxidation sites excluding steroid dienone is 6. The summed E-state index contributed by atoms with van der Waals surface area (Å²) >= 11 is 0. The molecule has 96 valence electrons. The van der Waals surface area contributed by atoms with Crippen LogP contribution in [0.1, 0.15) is 6.92 Å². The van der Waals surface area contributed by atoms with E-state index in [4.69, 9.17) is 0 Å². The fourth-order valence-electron chi connectivity index (χ4n) is 2.54. The van der Waals surface area contributed by atoms with Crippen molar-refractivity contribution in [2.45, 2.75) is 6.92 Å². The summed E-state index contributed by atoms with van der Waals surface area (Å²) in [7, 11) is -1.09. The highest BCUT2D eigenvalue weighted by molar-refractivity contribution is 8.40. The number of rotatable bonds is 7. The second-order valence-corrected chi connectivity index (χ2v) is 7.64. The van der Waals surface area contributed by atoms with Crippen molar-refractivity contribution in [3.8, 4) is 0 Å². The van der Waals surface area contributed by atoms with Gasteiger partial charge >= 0.3 is 0 Å². The molecule has 1 heteroatoms. The van der Waals surface area contributed by atoms with Crippen molar-refractivity contribution in [1.82, 2.24) is 0 Å². The van der Waals surface area contributed by atoms with Gasteiger partial charge in [0.1, 0.15) is 0 Å². The summed E-state index contributed by atoms with van der Waals surface area (Å²) in [5.74, 6) is 1.92. The quantitative estimate of drug-likeness (QED) is 0.546. The van der Waals surface area contributed by atoms with Crippen molar-refractivity contribution in [1.29, 1.82) is 0 Å². The molecule has 0 bridgehead atoms. The predicted molar refractivity (Wildman–Crippen MR) is 88.0 cm³/mol. The number of hydrogen-bond acceptors (Lipinski definition) is 0. The van der Waals surface area contributed by atoms with Gasteiger partial charge in [-0.1, -0.05) is 50.1 Å². The van der Waals surface area contributed by atoms with Crippen LogP contribution in [-0.4, -0.2) is 11.5 Å². The molecule has 0 aromatic carbocycles. The van der Waals surface area contributed by atoms with Crippen molar-refractivity contribution in [3.63, 3.8) is 0 Å². The Morgan fingerprint density at radius 3 is 1.67 bits per heavy atom. The molecule has 0 radical (unpaired) electrons. The largest absolute Gasteiger partial charge is 0.183 e. The third-order valence-electron chi connectivity index (χ3n) is 3.34. The van der Waals surface area contributed by atoms with Crippen LogP contribution in [-0.2, 0) is 0 Å². The minimum absolute atomic E-state index is 0.959. The molecule has 0 atom stereocenters. The van der Waals surface area contributed by atoms with Crippen molar-refractivity contribution in [2.75, 3.05) is 11.5 Å². The van der Waals surface area contributed by atoms with Crippen LogP contribution in [0.5, 0.6) is 0 Å². The van der Waals surface area contributed by atoms with Crippen LogP contribution in [0.2, 0.25) is 0 Å². The summed E-state index contributed by atoms with van der Waals surface area (Å²) in [6.45, 7) is 21.9. The molecular formula is C17H22S. The van der Waals surface area contributed by atoms with E-state index >= 15 is 0 Å². The molecule has 0 aliphatic carbocycles. The monoisotopic (exact) mass is 258 g/mol. The molecule has 0 amide bonds. The Bertz CT molecular complexity index is 462. The SMILES string of the molecule is C=CCS1(CC=C)C(C)=C(C=C)C(C=C)=C1C=C. The van der Waals surface area contributed by atoms with Gasteiger partial charge in [-0.05, 0) is 23.0 Å². The molecule has 1 aliphatic rings. The summed E-state index contributed by atoms with van der Waals surface area (Å²) in [5.41, 5.74) is 2.38. The van der Waals surface area contributed by atoms with Gasteiger partial charge < -0.3 is 0 Å². The van der Waals surface area contributed by atoms with E-state index < -0.39 is 10.0 Å². The maximum absolute atomic E-state index is 3.99. The first-order valence-corrected chi connectivity index (χ1v) is 7.93. The van der Waals surface area contributed by atoms with Crippen LogP contribution < -0.4 is 0 Å². The Morgan fingerprint density at radius 1 is 0.833 bits per heavy atom. The fraction of sp³-hybridized carbons (Fsp3) is 0.176. The molecule has 0 unspecified atom stereocenters. The lowest BCUT2D eigenvalue weighted by Gasteiger charge is -2.38. The van der Waals surface area contributed by atoms with Crippen LogP contribution in [0.3, 0.4) is 0 Å². The van der Waals surface area contributed by atoms with E-state index in [9.17, 15) is 0 Å². The zero-order valence-electron chi connectivity index (χ0n) is 11.2. The Labute approximate surface area is 113 Å². The first-order chi connectivity index (χ1) is 8.62. The van der Waals surface area contributed by atoms with E-state index in [-0.39, 0.29) is 0 Å². The van der Waals surface area contributed by atoms with E-state index in [1.54, 1.807) is 0 Å². The van der Waals surface area contributed by atoms with E-state index in [0.29, 0.717) is 0 Å². The second-order valence-electron chi connectivity index (χ2n) is 4.15. The summed E-state index contributed by atoms with van der Waals surface area (Å²) in [4.78, 5) is 2.69. The smallest absolute Gasteiger partial charge is 0.00297 e. The Morgan fingerprint density at radius 2 is 1.33 bits per heavy atom. The lowest BCUT2D eigenvalue weighted by molar-refractivity contribution is 1.50.